The van der Waals surface area contributed by atoms with Gasteiger partial charge in [0.2, 0.25) is 10.0 Å². The van der Waals surface area contributed by atoms with Crippen LogP contribution in [0.3, 0.4) is 0 Å². The minimum absolute atomic E-state index is 0.00978. The first-order valence-corrected chi connectivity index (χ1v) is 11.1. The maximum Gasteiger partial charge on any atom is 0.299 e. The number of fused-ring (bicyclic) bond motifs is 1. The lowest BCUT2D eigenvalue weighted by atomic mass is 10.1. The number of carbonyl (C=O) groups excluding carboxylic acids is 2. The largest absolute Gasteiger partial charge is 0.383 e. The molecule has 0 N–H and O–H groups in total. The molecule has 1 aromatic rings. The van der Waals surface area contributed by atoms with Crippen LogP contribution in [0.4, 0.5) is 14.5 Å². The molecule has 0 spiro atoms. The van der Waals surface area contributed by atoms with Gasteiger partial charge in [-0.05, 0) is 31.0 Å². The normalized spacial score (nSPS) is 20.9. The van der Waals surface area contributed by atoms with E-state index in [2.05, 4.69) is 15.9 Å². The fraction of sp³-hybridized carbons (Fsp3) is 0.529. The van der Waals surface area contributed by atoms with Gasteiger partial charge in [0, 0.05) is 19.7 Å². The number of rotatable bonds is 7. The van der Waals surface area contributed by atoms with E-state index in [9.17, 15) is 26.8 Å². The molecule has 1 fully saturated rings. The van der Waals surface area contributed by atoms with Crippen LogP contribution in [0, 0.1) is 0 Å². The van der Waals surface area contributed by atoms with E-state index in [1.165, 1.54) is 23.5 Å². The van der Waals surface area contributed by atoms with Gasteiger partial charge in [-0.1, -0.05) is 15.9 Å². The summed E-state index contributed by atoms with van der Waals surface area (Å²) < 4.78 is 59.8. The van der Waals surface area contributed by atoms with E-state index in [1.54, 1.807) is 0 Å². The molecule has 1 atom stereocenters. The highest BCUT2D eigenvalue weighted by molar-refractivity contribution is 9.09. The van der Waals surface area contributed by atoms with Crippen molar-refractivity contribution in [3.05, 3.63) is 23.8 Å². The lowest BCUT2D eigenvalue weighted by Gasteiger charge is -2.24. The van der Waals surface area contributed by atoms with Crippen molar-refractivity contribution in [1.82, 2.24) is 4.31 Å². The molecule has 2 aliphatic heterocycles. The molecular formula is C17H19BrF2N2O5S. The van der Waals surface area contributed by atoms with Gasteiger partial charge in [0.05, 0.1) is 34.6 Å². The van der Waals surface area contributed by atoms with E-state index >= 15 is 0 Å². The number of methoxy groups -OCH3 is 1. The fourth-order valence-corrected chi connectivity index (χ4v) is 5.37. The van der Waals surface area contributed by atoms with Gasteiger partial charge < -0.3 is 4.74 Å². The van der Waals surface area contributed by atoms with Gasteiger partial charge in [0.25, 0.3) is 17.6 Å². The summed E-state index contributed by atoms with van der Waals surface area (Å²) in [5.41, 5.74) is -0.191. The average Bonchev–Trinajstić information content (AvgIpc) is 3.21. The summed E-state index contributed by atoms with van der Waals surface area (Å²) in [6.45, 7) is -0.398. The molecule has 1 amide bonds. The second kappa shape index (κ2) is 7.77. The van der Waals surface area contributed by atoms with Crippen molar-refractivity contribution in [3.8, 4) is 0 Å². The van der Waals surface area contributed by atoms with Gasteiger partial charge in [-0.25, -0.2) is 17.2 Å². The predicted octanol–water partition coefficient (Wildman–Crippen LogP) is 2.05. The van der Waals surface area contributed by atoms with Crippen molar-refractivity contribution < 1.29 is 31.5 Å². The number of hydrogen-bond acceptors (Lipinski definition) is 5. The Labute approximate surface area is 169 Å². The van der Waals surface area contributed by atoms with Gasteiger partial charge in [-0.3, -0.25) is 14.5 Å². The summed E-state index contributed by atoms with van der Waals surface area (Å²) >= 11 is 2.68. The van der Waals surface area contributed by atoms with Crippen molar-refractivity contribution in [3.63, 3.8) is 0 Å². The topological polar surface area (TPSA) is 84.0 Å². The number of carbonyl (C=O) groups is 2. The monoisotopic (exact) mass is 480 g/mol. The molecule has 0 radical (unpaired) electrons. The maximum absolute atomic E-state index is 13.7. The summed E-state index contributed by atoms with van der Waals surface area (Å²) in [4.78, 5) is 25.0. The number of nitrogens with zero attached hydrogens (tertiary/aromatic N) is 2. The van der Waals surface area contributed by atoms with E-state index in [0.717, 1.165) is 6.07 Å². The van der Waals surface area contributed by atoms with Gasteiger partial charge >= 0.3 is 0 Å². The third-order valence-electron chi connectivity index (χ3n) is 4.82. The van der Waals surface area contributed by atoms with Crippen LogP contribution in [0.2, 0.25) is 0 Å². The zero-order valence-corrected chi connectivity index (χ0v) is 17.4. The summed E-state index contributed by atoms with van der Waals surface area (Å²) in [7, 11) is -2.43. The number of hydrogen-bond donors (Lipinski definition) is 0. The number of alkyl halides is 3. The van der Waals surface area contributed by atoms with Crippen LogP contribution in [0.15, 0.2) is 23.1 Å². The summed E-state index contributed by atoms with van der Waals surface area (Å²) in [5, 5.41) is -0.671. The highest BCUT2D eigenvalue weighted by Crippen LogP contribution is 2.35. The SMILES string of the molecule is COC[C@@H]1CCCN1S(=O)(=O)c1ccc2c(c1)C(=O)C(=O)N2CC(F)(F)CBr. The molecule has 2 aliphatic rings. The molecule has 0 bridgehead atoms. The third-order valence-corrected chi connectivity index (χ3v) is 7.58. The maximum atomic E-state index is 13.7. The molecular weight excluding hydrogens is 462 g/mol. The standard InChI is InChI=1S/C17H19BrF2N2O5S/c1-27-8-11-3-2-6-22(11)28(25,26)12-4-5-14-13(7-12)15(23)16(24)21(14)10-17(19,20)9-18/h4-5,7,11H,2-3,6,8-10H2,1H3/t11-/m0/s1. The number of benzene rings is 1. The average molecular weight is 481 g/mol. The molecule has 1 aromatic carbocycles. The van der Waals surface area contributed by atoms with Crippen LogP contribution in [0.5, 0.6) is 0 Å². The molecule has 28 heavy (non-hydrogen) atoms. The Bertz CT molecular complexity index is 909. The van der Waals surface area contributed by atoms with Crippen LogP contribution < -0.4 is 4.90 Å². The summed E-state index contributed by atoms with van der Waals surface area (Å²) in [5.74, 6) is -5.32. The van der Waals surface area contributed by atoms with Gasteiger partial charge in [-0.15, -0.1) is 0 Å². The fourth-order valence-electron chi connectivity index (χ4n) is 3.49. The first-order chi connectivity index (χ1) is 13.1. The van der Waals surface area contributed by atoms with Crippen LogP contribution >= 0.6 is 15.9 Å². The van der Waals surface area contributed by atoms with E-state index in [4.69, 9.17) is 4.74 Å². The Hall–Kier alpha value is -1.43. The zero-order valence-electron chi connectivity index (χ0n) is 15.0. The molecule has 0 aromatic heterocycles. The molecule has 7 nitrogen and oxygen atoms in total. The third kappa shape index (κ3) is 3.72. The number of sulfonamides is 1. The number of halogens is 3. The number of ketones is 1. The predicted molar refractivity (Wildman–Crippen MR) is 101 cm³/mol. The van der Waals surface area contributed by atoms with E-state index < -0.39 is 39.5 Å². The second-order valence-electron chi connectivity index (χ2n) is 6.76. The number of ether oxygens (including phenoxy) is 1. The number of Topliss-reactive ketones (excluding diaryl/α,β-unsaturated/α-hetero) is 1. The first kappa shape index (κ1) is 21.3. The van der Waals surface area contributed by atoms with Crippen LogP contribution in [0.1, 0.15) is 23.2 Å². The van der Waals surface area contributed by atoms with Crippen molar-refractivity contribution >= 4 is 43.3 Å². The van der Waals surface area contributed by atoms with Crippen molar-refractivity contribution in [2.75, 3.05) is 37.0 Å². The lowest BCUT2D eigenvalue weighted by Crippen LogP contribution is -2.41. The Morgan fingerprint density at radius 1 is 1.32 bits per heavy atom. The van der Waals surface area contributed by atoms with E-state index in [0.29, 0.717) is 24.3 Å². The summed E-state index contributed by atoms with van der Waals surface area (Å²) in [6, 6.07) is 3.26. The van der Waals surface area contributed by atoms with Crippen molar-refractivity contribution in [2.45, 2.75) is 29.7 Å². The van der Waals surface area contributed by atoms with E-state index in [-0.39, 0.29) is 28.8 Å². The van der Waals surface area contributed by atoms with Gasteiger partial charge in [0.15, 0.2) is 0 Å². The Morgan fingerprint density at radius 3 is 2.68 bits per heavy atom. The molecule has 1 saturated heterocycles. The molecule has 2 heterocycles. The summed E-state index contributed by atoms with van der Waals surface area (Å²) in [6.07, 6.45) is 1.34. The smallest absolute Gasteiger partial charge is 0.299 e. The second-order valence-corrected chi connectivity index (χ2v) is 9.21. The van der Waals surface area contributed by atoms with Crippen LogP contribution in [-0.2, 0) is 19.6 Å². The van der Waals surface area contributed by atoms with Crippen molar-refractivity contribution in [1.29, 1.82) is 0 Å². The van der Waals surface area contributed by atoms with Gasteiger partial charge in [0.1, 0.15) is 0 Å². The Morgan fingerprint density at radius 2 is 2.04 bits per heavy atom. The Balaban J connectivity index is 1.96. The highest BCUT2D eigenvalue weighted by Gasteiger charge is 2.43. The van der Waals surface area contributed by atoms with Gasteiger partial charge in [-0.2, -0.15) is 4.31 Å². The quantitative estimate of drug-likeness (QED) is 0.440. The lowest BCUT2D eigenvalue weighted by molar-refractivity contribution is -0.115. The Kier molecular flexibility index (Phi) is 5.91. The highest BCUT2D eigenvalue weighted by atomic mass is 79.9. The molecule has 3 rings (SSSR count). The molecule has 0 aliphatic carbocycles. The zero-order chi connectivity index (χ0) is 20.7. The minimum Gasteiger partial charge on any atom is -0.383 e. The molecule has 0 saturated carbocycles. The number of anilines is 1. The minimum atomic E-state index is -3.91. The number of amides is 1. The first-order valence-electron chi connectivity index (χ1n) is 8.57. The van der Waals surface area contributed by atoms with Crippen molar-refractivity contribution in [2.24, 2.45) is 0 Å². The van der Waals surface area contributed by atoms with Crippen LogP contribution in [0.25, 0.3) is 0 Å². The molecule has 154 valence electrons. The van der Waals surface area contributed by atoms with Crippen LogP contribution in [-0.4, -0.2) is 68.5 Å². The molecule has 11 heteroatoms. The molecule has 0 unspecified atom stereocenters. The van der Waals surface area contributed by atoms with E-state index in [1.807, 2.05) is 0 Å².